The molecule has 0 aromatic heterocycles. The summed E-state index contributed by atoms with van der Waals surface area (Å²) in [6, 6.07) is -0.834. The summed E-state index contributed by atoms with van der Waals surface area (Å²) in [6.45, 7) is 10.7. The number of piperidine rings is 1. The lowest BCUT2D eigenvalue weighted by molar-refractivity contribution is -0.145. The highest BCUT2D eigenvalue weighted by Crippen LogP contribution is 2.28. The van der Waals surface area contributed by atoms with E-state index in [0.717, 1.165) is 12.8 Å². The molecule has 1 rings (SSSR count). The number of rotatable bonds is 2. The Morgan fingerprint density at radius 3 is 2.35 bits per heavy atom. The lowest BCUT2D eigenvalue weighted by atomic mass is 9.87. The van der Waals surface area contributed by atoms with Crippen molar-refractivity contribution in [3.05, 3.63) is 0 Å². The van der Waals surface area contributed by atoms with E-state index in [1.807, 2.05) is 13.8 Å². The van der Waals surface area contributed by atoms with Crippen molar-refractivity contribution in [3.63, 3.8) is 0 Å². The monoisotopic (exact) mass is 284 g/mol. The number of urea groups is 1. The second-order valence-electron chi connectivity index (χ2n) is 7.03. The molecule has 116 valence electrons. The first-order valence-corrected chi connectivity index (χ1v) is 7.33. The van der Waals surface area contributed by atoms with Crippen LogP contribution in [-0.2, 0) is 4.79 Å². The van der Waals surface area contributed by atoms with Crippen molar-refractivity contribution in [1.82, 2.24) is 9.80 Å². The number of aliphatic carboxylic acids is 1. The summed E-state index contributed by atoms with van der Waals surface area (Å²) < 4.78 is 0. The maximum Gasteiger partial charge on any atom is 0.326 e. The quantitative estimate of drug-likeness (QED) is 0.848. The van der Waals surface area contributed by atoms with Gasteiger partial charge >= 0.3 is 12.0 Å². The number of amides is 2. The van der Waals surface area contributed by atoms with Crippen molar-refractivity contribution in [1.29, 1.82) is 0 Å². The van der Waals surface area contributed by atoms with Gasteiger partial charge in [-0.25, -0.2) is 9.59 Å². The summed E-state index contributed by atoms with van der Waals surface area (Å²) in [4.78, 5) is 27.3. The molecule has 5 heteroatoms. The first kappa shape index (κ1) is 16.8. The van der Waals surface area contributed by atoms with Gasteiger partial charge in [0, 0.05) is 19.6 Å². The Hall–Kier alpha value is -1.26. The van der Waals surface area contributed by atoms with Crippen LogP contribution in [0, 0.1) is 11.3 Å². The highest BCUT2D eigenvalue weighted by atomic mass is 16.4. The molecule has 0 radical (unpaired) electrons. The zero-order valence-electron chi connectivity index (χ0n) is 13.5. The molecule has 1 saturated heterocycles. The van der Waals surface area contributed by atoms with Crippen molar-refractivity contribution in [2.45, 2.75) is 59.5 Å². The van der Waals surface area contributed by atoms with Gasteiger partial charge in [-0.3, -0.25) is 0 Å². The van der Waals surface area contributed by atoms with E-state index in [1.54, 1.807) is 11.9 Å². The molecule has 1 aliphatic rings. The van der Waals surface area contributed by atoms with E-state index < -0.39 is 12.0 Å². The van der Waals surface area contributed by atoms with Crippen LogP contribution in [0.4, 0.5) is 4.79 Å². The Morgan fingerprint density at radius 2 is 1.90 bits per heavy atom. The van der Waals surface area contributed by atoms with E-state index in [4.69, 9.17) is 0 Å². The third-order valence-electron chi connectivity index (χ3n) is 4.57. The van der Waals surface area contributed by atoms with Crippen LogP contribution in [0.15, 0.2) is 0 Å². The Morgan fingerprint density at radius 1 is 1.35 bits per heavy atom. The van der Waals surface area contributed by atoms with Crippen molar-refractivity contribution < 1.29 is 14.7 Å². The fourth-order valence-electron chi connectivity index (χ4n) is 2.73. The van der Waals surface area contributed by atoms with Gasteiger partial charge in [0.1, 0.15) is 6.04 Å². The molecule has 0 bridgehead atoms. The van der Waals surface area contributed by atoms with Crippen LogP contribution in [-0.4, -0.2) is 52.6 Å². The number of hydrogen-bond acceptors (Lipinski definition) is 2. The SMILES string of the molecule is CC1CCCN(C(=O)N(C)C(C)C(C)(C)C)C1C(=O)O. The zero-order valence-corrected chi connectivity index (χ0v) is 13.5. The molecule has 1 fully saturated rings. The predicted molar refractivity (Wildman–Crippen MR) is 78.6 cm³/mol. The van der Waals surface area contributed by atoms with Crippen molar-refractivity contribution in [2.24, 2.45) is 11.3 Å². The largest absolute Gasteiger partial charge is 0.480 e. The molecule has 3 unspecified atom stereocenters. The van der Waals surface area contributed by atoms with Crippen LogP contribution < -0.4 is 0 Å². The minimum Gasteiger partial charge on any atom is -0.480 e. The molecule has 20 heavy (non-hydrogen) atoms. The van der Waals surface area contributed by atoms with Crippen molar-refractivity contribution >= 4 is 12.0 Å². The average molecular weight is 284 g/mol. The first-order valence-electron chi connectivity index (χ1n) is 7.33. The second-order valence-corrected chi connectivity index (χ2v) is 7.03. The minimum absolute atomic E-state index is 0.00328. The lowest BCUT2D eigenvalue weighted by Gasteiger charge is -2.43. The molecule has 0 aromatic carbocycles. The molecular formula is C15H28N2O3. The van der Waals surface area contributed by atoms with E-state index in [0.29, 0.717) is 6.54 Å². The summed E-state index contributed by atoms with van der Waals surface area (Å²) in [5.74, 6) is -0.897. The number of likely N-dealkylation sites (tertiary alicyclic amines) is 1. The van der Waals surface area contributed by atoms with E-state index in [9.17, 15) is 14.7 Å². The number of carbonyl (C=O) groups excluding carboxylic acids is 1. The number of nitrogens with zero attached hydrogens (tertiary/aromatic N) is 2. The van der Waals surface area contributed by atoms with Crippen LogP contribution in [0.5, 0.6) is 0 Å². The van der Waals surface area contributed by atoms with Crippen LogP contribution in [0.25, 0.3) is 0 Å². The normalized spacial score (nSPS) is 25.2. The van der Waals surface area contributed by atoms with E-state index in [1.165, 1.54) is 4.90 Å². The Bertz CT molecular complexity index is 376. The van der Waals surface area contributed by atoms with Crippen molar-refractivity contribution in [3.8, 4) is 0 Å². The molecule has 1 aliphatic heterocycles. The van der Waals surface area contributed by atoms with Crippen LogP contribution >= 0.6 is 0 Å². The van der Waals surface area contributed by atoms with Gasteiger partial charge in [-0.2, -0.15) is 0 Å². The molecule has 3 atom stereocenters. The maximum atomic E-state index is 12.6. The Kier molecular flexibility index (Phi) is 5.05. The molecular weight excluding hydrogens is 256 g/mol. The smallest absolute Gasteiger partial charge is 0.326 e. The predicted octanol–water partition coefficient (Wildman–Crippen LogP) is 2.66. The molecule has 0 spiro atoms. The fourth-order valence-corrected chi connectivity index (χ4v) is 2.73. The van der Waals surface area contributed by atoms with Crippen LogP contribution in [0.1, 0.15) is 47.5 Å². The van der Waals surface area contributed by atoms with Gasteiger partial charge in [0.2, 0.25) is 0 Å². The third kappa shape index (κ3) is 3.44. The highest BCUT2D eigenvalue weighted by molar-refractivity contribution is 5.83. The molecule has 0 aromatic rings. The Balaban J connectivity index is 2.91. The molecule has 1 N–H and O–H groups in total. The summed E-state index contributed by atoms with van der Waals surface area (Å²) in [5.41, 5.74) is -0.0372. The van der Waals surface area contributed by atoms with Gasteiger partial charge in [0.25, 0.3) is 0 Å². The molecule has 1 heterocycles. The zero-order chi connectivity index (χ0) is 15.7. The molecule has 0 aliphatic carbocycles. The summed E-state index contributed by atoms with van der Waals surface area (Å²) in [6.07, 6.45) is 1.73. The first-order chi connectivity index (χ1) is 9.07. The summed E-state index contributed by atoms with van der Waals surface area (Å²) in [7, 11) is 1.76. The minimum atomic E-state index is -0.901. The average Bonchev–Trinajstić information content (AvgIpc) is 2.34. The number of carboxylic acid groups (broad SMARTS) is 1. The standard InChI is InChI=1S/C15H28N2O3/c1-10-8-7-9-17(12(10)13(18)19)14(20)16(6)11(2)15(3,4)5/h10-12H,7-9H2,1-6H3,(H,18,19). The summed E-state index contributed by atoms with van der Waals surface area (Å²) in [5, 5.41) is 9.40. The molecule has 2 amide bonds. The Labute approximate surface area is 121 Å². The lowest BCUT2D eigenvalue weighted by Crippen LogP contribution is -2.57. The van der Waals surface area contributed by atoms with E-state index in [2.05, 4.69) is 20.8 Å². The fraction of sp³-hybridized carbons (Fsp3) is 0.867. The topological polar surface area (TPSA) is 60.9 Å². The second kappa shape index (κ2) is 6.02. The van der Waals surface area contributed by atoms with E-state index >= 15 is 0 Å². The highest BCUT2D eigenvalue weighted by Gasteiger charge is 2.40. The van der Waals surface area contributed by atoms with Gasteiger partial charge < -0.3 is 14.9 Å². The van der Waals surface area contributed by atoms with Crippen molar-refractivity contribution in [2.75, 3.05) is 13.6 Å². The summed E-state index contributed by atoms with van der Waals surface area (Å²) >= 11 is 0. The molecule has 0 saturated carbocycles. The van der Waals surface area contributed by atoms with Gasteiger partial charge in [0.15, 0.2) is 0 Å². The number of hydrogen-bond donors (Lipinski definition) is 1. The van der Waals surface area contributed by atoms with Gasteiger partial charge in [-0.05, 0) is 31.1 Å². The van der Waals surface area contributed by atoms with E-state index in [-0.39, 0.29) is 23.4 Å². The number of carboxylic acids is 1. The van der Waals surface area contributed by atoms with Gasteiger partial charge in [-0.1, -0.05) is 27.7 Å². The number of carbonyl (C=O) groups is 2. The maximum absolute atomic E-state index is 12.6. The van der Waals surface area contributed by atoms with Gasteiger partial charge in [-0.15, -0.1) is 0 Å². The molecule has 5 nitrogen and oxygen atoms in total. The van der Waals surface area contributed by atoms with Crippen LogP contribution in [0.3, 0.4) is 0 Å². The van der Waals surface area contributed by atoms with Crippen LogP contribution in [0.2, 0.25) is 0 Å². The third-order valence-corrected chi connectivity index (χ3v) is 4.57. The van der Waals surface area contributed by atoms with Gasteiger partial charge in [0.05, 0.1) is 0 Å².